The topological polar surface area (TPSA) is 72.5 Å². The molecule has 1 heterocycles. The monoisotopic (exact) mass is 115 g/mol. The number of hydrogen-bond donors (Lipinski definition) is 2. The van der Waals surface area contributed by atoms with Crippen LogP contribution in [0.4, 0.5) is 0 Å². The summed E-state index contributed by atoms with van der Waals surface area (Å²) in [7, 11) is 0. The van der Waals surface area contributed by atoms with E-state index in [0.717, 1.165) is 6.26 Å². The molecule has 1 aliphatic rings. The fourth-order valence-corrected chi connectivity index (χ4v) is 0.391. The van der Waals surface area contributed by atoms with Crippen LogP contribution in [0.25, 0.3) is 0 Å². The fraction of sp³-hybridized carbons (Fsp3) is 0.250. The van der Waals surface area contributed by atoms with Crippen LogP contribution in [0.3, 0.4) is 0 Å². The van der Waals surface area contributed by atoms with Gasteiger partial charge in [-0.15, -0.1) is 0 Å². The van der Waals surface area contributed by atoms with Crippen molar-refractivity contribution in [3.63, 3.8) is 0 Å². The summed E-state index contributed by atoms with van der Waals surface area (Å²) in [6.07, 6.45) is -0.206. The van der Waals surface area contributed by atoms with E-state index in [-0.39, 0.29) is 5.70 Å². The highest BCUT2D eigenvalue weighted by Crippen LogP contribution is 2.05. The summed E-state index contributed by atoms with van der Waals surface area (Å²) in [6.45, 7) is 0. The zero-order valence-corrected chi connectivity index (χ0v) is 4.00. The third-order valence-corrected chi connectivity index (χ3v) is 0.850. The van der Waals surface area contributed by atoms with Gasteiger partial charge in [-0.05, 0) is 0 Å². The summed E-state index contributed by atoms with van der Waals surface area (Å²) in [5, 5.41) is 8.60. The third-order valence-electron chi connectivity index (χ3n) is 0.850. The third kappa shape index (κ3) is 0.547. The Morgan fingerprint density at radius 2 is 2.50 bits per heavy atom. The van der Waals surface area contributed by atoms with Crippen molar-refractivity contribution in [1.29, 1.82) is 0 Å². The molecule has 44 valence electrons. The Labute approximate surface area is 45.5 Å². The number of aliphatic hydroxyl groups is 1. The van der Waals surface area contributed by atoms with Crippen molar-refractivity contribution in [2.24, 2.45) is 5.73 Å². The maximum absolute atomic E-state index is 10.2. The van der Waals surface area contributed by atoms with E-state index in [4.69, 9.17) is 10.8 Å². The molecule has 0 fully saturated rings. The molecule has 0 bridgehead atoms. The van der Waals surface area contributed by atoms with Gasteiger partial charge in [-0.25, -0.2) is 4.79 Å². The summed E-state index contributed by atoms with van der Waals surface area (Å²) in [4.78, 5) is 10.2. The molecule has 0 spiro atoms. The number of aliphatic hydroxyl groups excluding tert-OH is 1. The van der Waals surface area contributed by atoms with Crippen molar-refractivity contribution in [2.45, 2.75) is 6.10 Å². The zero-order chi connectivity index (χ0) is 6.15. The Balaban J connectivity index is 2.72. The first-order valence-corrected chi connectivity index (χ1v) is 2.06. The lowest BCUT2D eigenvalue weighted by molar-refractivity contribution is -0.142. The second kappa shape index (κ2) is 1.48. The fourth-order valence-electron chi connectivity index (χ4n) is 0.391. The van der Waals surface area contributed by atoms with E-state index in [2.05, 4.69) is 4.74 Å². The van der Waals surface area contributed by atoms with Gasteiger partial charge in [0, 0.05) is 0 Å². The highest BCUT2D eigenvalue weighted by Gasteiger charge is 2.24. The number of hydrogen-bond acceptors (Lipinski definition) is 4. The Hall–Kier alpha value is -1.03. The Morgan fingerprint density at radius 1 is 1.88 bits per heavy atom. The normalized spacial score (nSPS) is 27.4. The van der Waals surface area contributed by atoms with E-state index >= 15 is 0 Å². The Kier molecular flexibility index (Phi) is 0.948. The molecule has 1 aliphatic heterocycles. The lowest BCUT2D eigenvalue weighted by Gasteiger charge is -1.93. The van der Waals surface area contributed by atoms with E-state index < -0.39 is 12.1 Å². The van der Waals surface area contributed by atoms with Crippen molar-refractivity contribution in [3.8, 4) is 0 Å². The zero-order valence-electron chi connectivity index (χ0n) is 4.00. The standard InChI is InChI=1S/C4H5NO3/c5-2-1-8-4(7)3(2)6/h1,3,6H,5H2. The van der Waals surface area contributed by atoms with Crippen LogP contribution >= 0.6 is 0 Å². The minimum Gasteiger partial charge on any atom is -0.430 e. The predicted molar refractivity (Wildman–Crippen MR) is 24.4 cm³/mol. The summed E-state index contributed by atoms with van der Waals surface area (Å²) >= 11 is 0. The van der Waals surface area contributed by atoms with Crippen molar-refractivity contribution in [2.75, 3.05) is 0 Å². The van der Waals surface area contributed by atoms with Crippen LogP contribution in [0.1, 0.15) is 0 Å². The van der Waals surface area contributed by atoms with E-state index in [1.807, 2.05) is 0 Å². The van der Waals surface area contributed by atoms with Gasteiger partial charge in [0.1, 0.15) is 6.26 Å². The maximum atomic E-state index is 10.2. The molecule has 0 radical (unpaired) electrons. The molecule has 0 amide bonds. The summed E-state index contributed by atoms with van der Waals surface area (Å²) < 4.78 is 4.20. The first-order valence-electron chi connectivity index (χ1n) is 2.06. The number of ether oxygens (including phenoxy) is 1. The highest BCUT2D eigenvalue weighted by atomic mass is 16.5. The van der Waals surface area contributed by atoms with Gasteiger partial charge in [0.05, 0.1) is 5.70 Å². The molecule has 0 aromatic carbocycles. The lowest BCUT2D eigenvalue weighted by atomic mass is 10.3. The van der Waals surface area contributed by atoms with Gasteiger partial charge >= 0.3 is 5.97 Å². The molecule has 0 aromatic rings. The number of carbonyl (C=O) groups excluding carboxylic acids is 1. The van der Waals surface area contributed by atoms with Gasteiger partial charge in [-0.1, -0.05) is 0 Å². The molecular weight excluding hydrogens is 110 g/mol. The molecule has 1 unspecified atom stereocenters. The van der Waals surface area contributed by atoms with Crippen LogP contribution in [0.15, 0.2) is 12.0 Å². The minimum absolute atomic E-state index is 0.0648. The molecule has 0 aromatic heterocycles. The summed E-state index contributed by atoms with van der Waals surface area (Å²) in [5.74, 6) is -0.706. The van der Waals surface area contributed by atoms with Crippen LogP contribution < -0.4 is 5.73 Å². The molecule has 1 rings (SSSR count). The van der Waals surface area contributed by atoms with Crippen molar-refractivity contribution in [1.82, 2.24) is 0 Å². The molecule has 0 saturated heterocycles. The molecule has 3 N–H and O–H groups in total. The summed E-state index contributed by atoms with van der Waals surface area (Å²) in [5.41, 5.74) is 5.10. The van der Waals surface area contributed by atoms with Crippen LogP contribution in [0, 0.1) is 0 Å². The van der Waals surface area contributed by atoms with E-state index in [1.54, 1.807) is 0 Å². The number of carbonyl (C=O) groups is 1. The molecule has 4 heteroatoms. The summed E-state index contributed by atoms with van der Waals surface area (Å²) in [6, 6.07) is 0. The number of cyclic esters (lactones) is 1. The van der Waals surface area contributed by atoms with Gasteiger partial charge < -0.3 is 15.6 Å². The number of nitrogens with two attached hydrogens (primary N) is 1. The minimum atomic E-state index is -1.24. The second-order valence-corrected chi connectivity index (χ2v) is 1.46. The van der Waals surface area contributed by atoms with E-state index in [1.165, 1.54) is 0 Å². The SMILES string of the molecule is NC1=COC(=O)C1O. The average molecular weight is 115 g/mol. The first-order chi connectivity index (χ1) is 3.72. The molecule has 8 heavy (non-hydrogen) atoms. The smallest absolute Gasteiger partial charge is 0.346 e. The predicted octanol–water partition coefficient (Wildman–Crippen LogP) is -1.30. The molecule has 1 atom stereocenters. The van der Waals surface area contributed by atoms with Crippen molar-refractivity contribution in [3.05, 3.63) is 12.0 Å². The molecule has 0 aliphatic carbocycles. The largest absolute Gasteiger partial charge is 0.430 e. The van der Waals surface area contributed by atoms with Gasteiger partial charge in [0.25, 0.3) is 0 Å². The van der Waals surface area contributed by atoms with E-state index in [9.17, 15) is 4.79 Å². The van der Waals surface area contributed by atoms with Crippen LogP contribution in [0.2, 0.25) is 0 Å². The van der Waals surface area contributed by atoms with Crippen molar-refractivity contribution < 1.29 is 14.6 Å². The first kappa shape index (κ1) is 5.11. The quantitative estimate of drug-likeness (QED) is 0.385. The Morgan fingerprint density at radius 3 is 2.62 bits per heavy atom. The van der Waals surface area contributed by atoms with Crippen LogP contribution in [0.5, 0.6) is 0 Å². The molecule has 0 saturated carbocycles. The maximum Gasteiger partial charge on any atom is 0.346 e. The number of rotatable bonds is 0. The highest BCUT2D eigenvalue weighted by molar-refractivity contribution is 5.80. The van der Waals surface area contributed by atoms with Gasteiger partial charge in [0.15, 0.2) is 6.10 Å². The molecule has 4 nitrogen and oxygen atoms in total. The van der Waals surface area contributed by atoms with Crippen LogP contribution in [-0.4, -0.2) is 17.2 Å². The second-order valence-electron chi connectivity index (χ2n) is 1.46. The van der Waals surface area contributed by atoms with Gasteiger partial charge in [-0.3, -0.25) is 0 Å². The van der Waals surface area contributed by atoms with Crippen LogP contribution in [-0.2, 0) is 9.53 Å². The van der Waals surface area contributed by atoms with Crippen molar-refractivity contribution >= 4 is 5.97 Å². The molecular formula is C4H5NO3. The van der Waals surface area contributed by atoms with Gasteiger partial charge in [-0.2, -0.15) is 0 Å². The lowest BCUT2D eigenvalue weighted by Crippen LogP contribution is -2.21. The average Bonchev–Trinajstić information content (AvgIpc) is 1.98. The number of esters is 1. The Bertz CT molecular complexity index is 151. The van der Waals surface area contributed by atoms with E-state index in [0.29, 0.717) is 0 Å². The van der Waals surface area contributed by atoms with Gasteiger partial charge in [0.2, 0.25) is 0 Å².